The van der Waals surface area contributed by atoms with Crippen molar-refractivity contribution >= 4 is 11.8 Å². The summed E-state index contributed by atoms with van der Waals surface area (Å²) in [5.41, 5.74) is 3.00. The Labute approximate surface area is 158 Å². The van der Waals surface area contributed by atoms with Crippen molar-refractivity contribution in [3.8, 4) is 0 Å². The van der Waals surface area contributed by atoms with Gasteiger partial charge in [-0.2, -0.15) is 0 Å². The van der Waals surface area contributed by atoms with E-state index in [1.807, 2.05) is 6.92 Å². The topological polar surface area (TPSA) is 118 Å². The highest BCUT2D eigenvalue weighted by molar-refractivity contribution is 5.89. The number of rotatable bonds is 9. The van der Waals surface area contributed by atoms with Crippen LogP contribution in [0.5, 0.6) is 0 Å². The van der Waals surface area contributed by atoms with Crippen molar-refractivity contribution in [2.75, 3.05) is 26.4 Å². The molecule has 0 aromatic carbocycles. The second-order valence-corrected chi connectivity index (χ2v) is 8.35. The zero-order valence-corrected chi connectivity index (χ0v) is 15.8. The highest BCUT2D eigenvalue weighted by atomic mass is 16.7. The molecule has 0 spiro atoms. The van der Waals surface area contributed by atoms with Crippen LogP contribution < -0.4 is 5.73 Å². The lowest BCUT2D eigenvalue weighted by molar-refractivity contribution is -0.148. The first-order valence-electron chi connectivity index (χ1n) is 9.66. The van der Waals surface area contributed by atoms with Gasteiger partial charge in [0.25, 0.3) is 11.8 Å². The molecule has 6 unspecified atom stereocenters. The van der Waals surface area contributed by atoms with Crippen LogP contribution in [0.15, 0.2) is 12.2 Å². The van der Waals surface area contributed by atoms with Crippen molar-refractivity contribution in [3.63, 3.8) is 0 Å². The number of nitrogens with two attached hydrogens (primary N) is 1. The van der Waals surface area contributed by atoms with Gasteiger partial charge in [-0.25, -0.2) is 0 Å². The monoisotopic (exact) mass is 380 g/mol. The van der Waals surface area contributed by atoms with E-state index in [0.717, 1.165) is 19.3 Å². The minimum Gasteiger partial charge on any atom is -0.374 e. The van der Waals surface area contributed by atoms with E-state index >= 15 is 0 Å². The minimum absolute atomic E-state index is 0.000287. The predicted octanol–water partition coefficient (Wildman–Crippen LogP) is -0.0620. The zero-order valence-electron chi connectivity index (χ0n) is 15.8. The maximum atomic E-state index is 13.3. The molecule has 2 aliphatic carbocycles. The summed E-state index contributed by atoms with van der Waals surface area (Å²) in [6, 6.07) is 0. The molecule has 150 valence electrons. The molecule has 6 atom stereocenters. The second-order valence-electron chi connectivity index (χ2n) is 8.35. The van der Waals surface area contributed by atoms with Crippen molar-refractivity contribution < 1.29 is 28.9 Å². The van der Waals surface area contributed by atoms with Crippen molar-refractivity contribution in [2.24, 2.45) is 17.1 Å². The fourth-order valence-corrected chi connectivity index (χ4v) is 4.78. The Hall–Kier alpha value is -1.48. The van der Waals surface area contributed by atoms with Crippen LogP contribution in [0.2, 0.25) is 0 Å². The molecule has 1 saturated carbocycles. The van der Waals surface area contributed by atoms with Gasteiger partial charge in [-0.15, -0.1) is 0 Å². The Kier molecular flexibility index (Phi) is 4.38. The van der Waals surface area contributed by atoms with Crippen LogP contribution in [0.4, 0.5) is 0 Å². The molecule has 27 heavy (non-hydrogen) atoms. The second kappa shape index (κ2) is 6.27. The molecule has 2 amide bonds. The van der Waals surface area contributed by atoms with Crippen LogP contribution in [-0.2, 0) is 23.8 Å². The average molecular weight is 380 g/mol. The van der Waals surface area contributed by atoms with E-state index in [-0.39, 0.29) is 37.2 Å². The first-order chi connectivity index (χ1) is 12.8. The minimum atomic E-state index is -1.13. The number of epoxide rings is 2. The van der Waals surface area contributed by atoms with Gasteiger partial charge in [-0.05, 0) is 39.0 Å². The van der Waals surface area contributed by atoms with Gasteiger partial charge >= 0.3 is 0 Å². The van der Waals surface area contributed by atoms with E-state index < -0.39 is 23.3 Å². The van der Waals surface area contributed by atoms with Gasteiger partial charge in [-0.3, -0.25) is 9.59 Å². The van der Waals surface area contributed by atoms with Crippen LogP contribution >= 0.6 is 0 Å². The molecule has 2 aliphatic heterocycles. The largest absolute Gasteiger partial charge is 0.374 e. The van der Waals surface area contributed by atoms with E-state index in [9.17, 15) is 14.7 Å². The number of allylic oxidation sites excluding steroid dienone is 1. The van der Waals surface area contributed by atoms with Gasteiger partial charge in [0.05, 0.1) is 19.8 Å². The molecular formula is C19H28N2O6. The Morgan fingerprint density at radius 1 is 1.44 bits per heavy atom. The van der Waals surface area contributed by atoms with Gasteiger partial charge in [0.2, 0.25) is 0 Å². The Balaban J connectivity index is 1.51. The Bertz CT molecular complexity index is 675. The standard InChI is InChI=1S/C19H28N2O6/c1-3-21(12(2)22)16(24)19(11-25-9-18(10-26-18)15(20)23)14(27-19)17-6-4-13(8-17)5-7-17/h4,6,12-14,22H,3,5,7-11H2,1-2H3,(H2,20,23). The molecule has 0 aromatic heterocycles. The lowest BCUT2D eigenvalue weighted by Gasteiger charge is -2.29. The highest BCUT2D eigenvalue weighted by Crippen LogP contribution is 2.61. The number of fused-ring (bicyclic) bond motifs is 2. The third-order valence-corrected chi connectivity index (χ3v) is 6.55. The number of amides is 2. The molecule has 4 aliphatic rings. The fraction of sp³-hybridized carbons (Fsp3) is 0.789. The predicted molar refractivity (Wildman–Crippen MR) is 94.3 cm³/mol. The summed E-state index contributed by atoms with van der Waals surface area (Å²) in [6.07, 6.45) is 6.29. The lowest BCUT2D eigenvalue weighted by atomic mass is 9.78. The molecule has 3 N–H and O–H groups in total. The number of aliphatic hydroxyl groups is 1. The molecule has 3 fully saturated rings. The van der Waals surface area contributed by atoms with Crippen molar-refractivity contribution in [1.29, 1.82) is 0 Å². The number of hydrogen-bond donors (Lipinski definition) is 2. The third kappa shape index (κ3) is 2.90. The van der Waals surface area contributed by atoms with Gasteiger partial charge < -0.3 is 30.0 Å². The molecule has 4 rings (SSSR count). The van der Waals surface area contributed by atoms with Gasteiger partial charge in [0.1, 0.15) is 12.3 Å². The summed E-state index contributed by atoms with van der Waals surface area (Å²) in [7, 11) is 0. The fourth-order valence-electron chi connectivity index (χ4n) is 4.78. The summed E-state index contributed by atoms with van der Waals surface area (Å²) in [4.78, 5) is 26.1. The molecule has 0 aromatic rings. The maximum Gasteiger partial charge on any atom is 0.262 e. The number of hydrogen-bond acceptors (Lipinski definition) is 6. The quantitative estimate of drug-likeness (QED) is 0.329. The normalized spacial score (nSPS) is 42.2. The van der Waals surface area contributed by atoms with Gasteiger partial charge in [0, 0.05) is 12.0 Å². The van der Waals surface area contributed by atoms with Gasteiger partial charge in [0.15, 0.2) is 11.2 Å². The highest BCUT2D eigenvalue weighted by Gasteiger charge is 2.72. The molecule has 8 nitrogen and oxygen atoms in total. The summed E-state index contributed by atoms with van der Waals surface area (Å²) in [5.74, 6) is -0.279. The van der Waals surface area contributed by atoms with Crippen LogP contribution in [0.3, 0.4) is 0 Å². The molecular weight excluding hydrogens is 352 g/mol. The third-order valence-electron chi connectivity index (χ3n) is 6.55. The first kappa shape index (κ1) is 18.9. The van der Waals surface area contributed by atoms with E-state index in [0.29, 0.717) is 12.5 Å². The number of likely N-dealkylation sites (N-methyl/N-ethyl adjacent to an activating group) is 1. The average Bonchev–Trinajstić information content (AvgIpc) is 3.50. The summed E-state index contributed by atoms with van der Waals surface area (Å²) >= 11 is 0. The summed E-state index contributed by atoms with van der Waals surface area (Å²) in [6.45, 7) is 3.99. The molecule has 8 heteroatoms. The molecule has 2 saturated heterocycles. The summed E-state index contributed by atoms with van der Waals surface area (Å²) in [5, 5.41) is 10.0. The first-order valence-corrected chi connectivity index (χ1v) is 9.66. The van der Waals surface area contributed by atoms with Crippen LogP contribution in [0, 0.1) is 11.3 Å². The Morgan fingerprint density at radius 3 is 2.63 bits per heavy atom. The number of nitrogens with zero attached hydrogens (tertiary/aromatic N) is 1. The van der Waals surface area contributed by atoms with Crippen molar-refractivity contribution in [2.45, 2.75) is 56.6 Å². The van der Waals surface area contributed by atoms with E-state index in [1.54, 1.807) is 6.92 Å². The Morgan fingerprint density at radius 2 is 2.19 bits per heavy atom. The number of carbonyl (C=O) groups is 2. The lowest BCUT2D eigenvalue weighted by Crippen LogP contribution is -2.51. The van der Waals surface area contributed by atoms with Crippen LogP contribution in [0.1, 0.15) is 33.1 Å². The van der Waals surface area contributed by atoms with Crippen molar-refractivity contribution in [1.82, 2.24) is 4.90 Å². The van der Waals surface area contributed by atoms with E-state index in [4.69, 9.17) is 19.9 Å². The molecule has 0 radical (unpaired) electrons. The van der Waals surface area contributed by atoms with Crippen molar-refractivity contribution in [3.05, 3.63) is 12.2 Å². The van der Waals surface area contributed by atoms with E-state index in [1.165, 1.54) is 4.90 Å². The number of primary amides is 1. The number of carbonyl (C=O) groups excluding carboxylic acids is 2. The SMILES string of the molecule is CCN(C(=O)C1(COCC2(C(N)=O)CO2)OC1C12C=CC(CC1)C2)C(C)O. The molecule has 2 heterocycles. The summed E-state index contributed by atoms with van der Waals surface area (Å²) < 4.78 is 16.9. The maximum absolute atomic E-state index is 13.3. The smallest absolute Gasteiger partial charge is 0.262 e. The number of aliphatic hydroxyl groups excluding tert-OH is 1. The zero-order chi connectivity index (χ0) is 19.4. The molecule has 2 bridgehead atoms. The van der Waals surface area contributed by atoms with Gasteiger partial charge in [-0.1, -0.05) is 12.2 Å². The number of ether oxygens (including phenoxy) is 3. The van der Waals surface area contributed by atoms with Crippen LogP contribution in [0.25, 0.3) is 0 Å². The van der Waals surface area contributed by atoms with Crippen LogP contribution in [-0.4, -0.2) is 71.7 Å². The van der Waals surface area contributed by atoms with E-state index in [2.05, 4.69) is 12.2 Å².